The highest BCUT2D eigenvalue weighted by atomic mass is 19.1. The molecule has 2 nitrogen and oxygen atoms in total. The average Bonchev–Trinajstić information content (AvgIpc) is 2.31. The van der Waals surface area contributed by atoms with Crippen molar-refractivity contribution < 1.29 is 9.18 Å². The summed E-state index contributed by atoms with van der Waals surface area (Å²) >= 11 is 0. The number of benzene rings is 1. The predicted octanol–water partition coefficient (Wildman–Crippen LogP) is 3.82. The molecule has 0 aliphatic carbocycles. The number of halogens is 1. The Labute approximate surface area is 109 Å². The smallest absolute Gasteiger partial charge is 0.161 e. The lowest BCUT2D eigenvalue weighted by atomic mass is 10.0. The van der Waals surface area contributed by atoms with E-state index in [0.717, 1.165) is 18.7 Å². The van der Waals surface area contributed by atoms with E-state index in [1.807, 2.05) is 11.9 Å². The number of carbonyl (C=O) groups excluding carboxylic acids is 1. The van der Waals surface area contributed by atoms with Gasteiger partial charge in [-0.05, 0) is 37.5 Å². The molecule has 0 radical (unpaired) electrons. The molecule has 0 saturated carbocycles. The van der Waals surface area contributed by atoms with E-state index < -0.39 is 0 Å². The zero-order valence-corrected chi connectivity index (χ0v) is 11.9. The van der Waals surface area contributed by atoms with Crippen molar-refractivity contribution in [3.05, 3.63) is 29.1 Å². The molecular weight excluding hydrogens is 229 g/mol. The molecule has 0 aliphatic rings. The van der Waals surface area contributed by atoms with E-state index in [1.54, 1.807) is 13.0 Å². The Balaban J connectivity index is 3.13. The van der Waals surface area contributed by atoms with Crippen LogP contribution in [0.25, 0.3) is 0 Å². The van der Waals surface area contributed by atoms with Crippen molar-refractivity contribution >= 4 is 11.5 Å². The minimum absolute atomic E-state index is 0.0973. The summed E-state index contributed by atoms with van der Waals surface area (Å²) in [4.78, 5) is 13.6. The van der Waals surface area contributed by atoms with E-state index >= 15 is 0 Å². The van der Waals surface area contributed by atoms with Crippen molar-refractivity contribution in [2.45, 2.75) is 34.1 Å². The molecule has 1 unspecified atom stereocenters. The molecule has 3 heteroatoms. The van der Waals surface area contributed by atoms with Gasteiger partial charge in [0.2, 0.25) is 0 Å². The number of Topliss-reactive ketones (excluding diaryl/α,β-unsaturated/α-hetero) is 1. The molecule has 0 aliphatic heterocycles. The van der Waals surface area contributed by atoms with Gasteiger partial charge >= 0.3 is 0 Å². The highest BCUT2D eigenvalue weighted by molar-refractivity contribution is 5.99. The summed E-state index contributed by atoms with van der Waals surface area (Å²) in [5.41, 5.74) is 1.86. The first kappa shape index (κ1) is 14.7. The van der Waals surface area contributed by atoms with Crippen LogP contribution in [0.2, 0.25) is 0 Å². The number of aryl methyl sites for hydroxylation is 1. The van der Waals surface area contributed by atoms with Crippen molar-refractivity contribution in [1.29, 1.82) is 0 Å². The van der Waals surface area contributed by atoms with Gasteiger partial charge in [0.1, 0.15) is 5.82 Å². The molecule has 0 aromatic heterocycles. The van der Waals surface area contributed by atoms with Crippen molar-refractivity contribution in [1.82, 2.24) is 0 Å². The van der Waals surface area contributed by atoms with Gasteiger partial charge in [0.15, 0.2) is 5.78 Å². The Bertz CT molecular complexity index is 442. The summed E-state index contributed by atoms with van der Waals surface area (Å²) in [6.45, 7) is 8.37. The standard InChI is InChI=1S/C15H22FNO/c1-6-10(2)9-17(5)15-7-11(3)14(16)8-13(15)12(4)18/h7-8,10H,6,9H2,1-5H3. The number of nitrogens with zero attached hydrogens (tertiary/aromatic N) is 1. The molecule has 0 amide bonds. The number of hydrogen-bond acceptors (Lipinski definition) is 2. The average molecular weight is 251 g/mol. The zero-order chi connectivity index (χ0) is 13.9. The summed E-state index contributed by atoms with van der Waals surface area (Å²) in [5.74, 6) is 0.126. The van der Waals surface area contributed by atoms with Gasteiger partial charge in [0, 0.05) is 24.8 Å². The number of rotatable bonds is 5. The maximum Gasteiger partial charge on any atom is 0.161 e. The molecule has 1 aromatic rings. The molecule has 18 heavy (non-hydrogen) atoms. The molecule has 0 fully saturated rings. The molecule has 0 spiro atoms. The summed E-state index contributed by atoms with van der Waals surface area (Å²) in [6.07, 6.45) is 1.08. The Morgan fingerprint density at radius 3 is 2.56 bits per heavy atom. The molecule has 0 saturated heterocycles. The third-order valence-electron chi connectivity index (χ3n) is 3.35. The minimum Gasteiger partial charge on any atom is -0.374 e. The molecule has 0 bridgehead atoms. The van der Waals surface area contributed by atoms with E-state index in [-0.39, 0.29) is 11.6 Å². The fourth-order valence-corrected chi connectivity index (χ4v) is 1.96. The monoisotopic (exact) mass is 251 g/mol. The molecule has 100 valence electrons. The van der Waals surface area contributed by atoms with Gasteiger partial charge in [-0.3, -0.25) is 4.79 Å². The van der Waals surface area contributed by atoms with E-state index in [1.165, 1.54) is 13.0 Å². The fraction of sp³-hybridized carbons (Fsp3) is 0.533. The van der Waals surface area contributed by atoms with Crippen LogP contribution in [0.3, 0.4) is 0 Å². The number of carbonyl (C=O) groups is 1. The molecule has 1 atom stereocenters. The predicted molar refractivity (Wildman–Crippen MR) is 73.9 cm³/mol. The SMILES string of the molecule is CCC(C)CN(C)c1cc(C)c(F)cc1C(C)=O. The van der Waals surface area contributed by atoms with Gasteiger partial charge in [-0.15, -0.1) is 0 Å². The lowest BCUT2D eigenvalue weighted by Gasteiger charge is -2.25. The van der Waals surface area contributed by atoms with Crippen LogP contribution in [0.5, 0.6) is 0 Å². The van der Waals surface area contributed by atoms with E-state index in [4.69, 9.17) is 0 Å². The van der Waals surface area contributed by atoms with Crippen molar-refractivity contribution in [3.63, 3.8) is 0 Å². The van der Waals surface area contributed by atoms with E-state index in [9.17, 15) is 9.18 Å². The highest BCUT2D eigenvalue weighted by Crippen LogP contribution is 2.25. The van der Waals surface area contributed by atoms with Gasteiger partial charge in [-0.2, -0.15) is 0 Å². The Hall–Kier alpha value is -1.38. The van der Waals surface area contributed by atoms with Gasteiger partial charge in [-0.1, -0.05) is 20.3 Å². The molecule has 0 N–H and O–H groups in total. The lowest BCUT2D eigenvalue weighted by Crippen LogP contribution is -2.25. The number of anilines is 1. The fourth-order valence-electron chi connectivity index (χ4n) is 1.96. The van der Waals surface area contributed by atoms with Gasteiger partial charge < -0.3 is 4.90 Å². The van der Waals surface area contributed by atoms with Crippen LogP contribution in [0.1, 0.15) is 43.1 Å². The number of ketones is 1. The third kappa shape index (κ3) is 3.31. The maximum absolute atomic E-state index is 13.5. The van der Waals surface area contributed by atoms with Crippen molar-refractivity contribution in [3.8, 4) is 0 Å². The quantitative estimate of drug-likeness (QED) is 0.741. The minimum atomic E-state index is -0.319. The lowest BCUT2D eigenvalue weighted by molar-refractivity contribution is 0.101. The normalized spacial score (nSPS) is 12.3. The van der Waals surface area contributed by atoms with Gasteiger partial charge in [0.05, 0.1) is 0 Å². The number of hydrogen-bond donors (Lipinski definition) is 0. The first-order valence-corrected chi connectivity index (χ1v) is 6.39. The van der Waals surface area contributed by atoms with Crippen LogP contribution in [-0.2, 0) is 0 Å². The summed E-state index contributed by atoms with van der Waals surface area (Å²) in [5, 5.41) is 0. The second-order valence-corrected chi connectivity index (χ2v) is 5.07. The topological polar surface area (TPSA) is 20.3 Å². The van der Waals surface area contributed by atoms with Crippen molar-refractivity contribution in [2.24, 2.45) is 5.92 Å². The summed E-state index contributed by atoms with van der Waals surface area (Å²) in [7, 11) is 1.95. The zero-order valence-electron chi connectivity index (χ0n) is 11.9. The second kappa shape index (κ2) is 5.98. The van der Waals surface area contributed by atoms with Crippen LogP contribution < -0.4 is 4.90 Å². The van der Waals surface area contributed by atoms with E-state index in [0.29, 0.717) is 17.0 Å². The van der Waals surface area contributed by atoms with Crippen molar-refractivity contribution in [2.75, 3.05) is 18.5 Å². The Morgan fingerprint density at radius 1 is 1.44 bits per heavy atom. The first-order chi connectivity index (χ1) is 8.36. The van der Waals surface area contributed by atoms with Gasteiger partial charge in [0.25, 0.3) is 0 Å². The summed E-state index contributed by atoms with van der Waals surface area (Å²) in [6, 6.07) is 3.11. The largest absolute Gasteiger partial charge is 0.374 e. The van der Waals surface area contributed by atoms with E-state index in [2.05, 4.69) is 13.8 Å². The third-order valence-corrected chi connectivity index (χ3v) is 3.35. The maximum atomic E-state index is 13.5. The first-order valence-electron chi connectivity index (χ1n) is 6.39. The Kier molecular flexibility index (Phi) is 4.88. The van der Waals surface area contributed by atoms with Gasteiger partial charge in [-0.25, -0.2) is 4.39 Å². The highest BCUT2D eigenvalue weighted by Gasteiger charge is 2.15. The molecule has 1 aromatic carbocycles. The molecule has 0 heterocycles. The Morgan fingerprint density at radius 2 is 2.06 bits per heavy atom. The van der Waals surface area contributed by atoms with Crippen LogP contribution in [-0.4, -0.2) is 19.4 Å². The molecule has 1 rings (SSSR count). The van der Waals surface area contributed by atoms with Crippen LogP contribution in [0.4, 0.5) is 10.1 Å². The molecular formula is C15H22FNO. The second-order valence-electron chi connectivity index (χ2n) is 5.07. The van der Waals surface area contributed by atoms with Crippen LogP contribution in [0.15, 0.2) is 12.1 Å². The van der Waals surface area contributed by atoms with Crippen LogP contribution >= 0.6 is 0 Å². The van der Waals surface area contributed by atoms with Crippen LogP contribution in [0, 0.1) is 18.7 Å². The summed E-state index contributed by atoms with van der Waals surface area (Å²) < 4.78 is 13.5.